The molecule has 0 bridgehead atoms. The van der Waals surface area contributed by atoms with Gasteiger partial charge in [-0.05, 0) is 60.2 Å². The third kappa shape index (κ3) is 5.33. The minimum atomic E-state index is -1.41. The molecule has 0 amide bonds. The summed E-state index contributed by atoms with van der Waals surface area (Å²) in [5.74, 6) is 5.62. The van der Waals surface area contributed by atoms with Gasteiger partial charge in [0.2, 0.25) is 0 Å². The lowest BCUT2D eigenvalue weighted by atomic mass is 10.2. The lowest BCUT2D eigenvalue weighted by Gasteiger charge is -2.54. The predicted molar refractivity (Wildman–Crippen MR) is 153 cm³/mol. The van der Waals surface area contributed by atoms with Crippen LogP contribution >= 0.6 is 47.0 Å². The van der Waals surface area contributed by atoms with Crippen LogP contribution in [0.15, 0.2) is 0 Å². The smallest absolute Gasteiger partial charge is 0.0835 e. The van der Waals surface area contributed by atoms with Crippen LogP contribution in [-0.4, -0.2) is 46.6 Å². The van der Waals surface area contributed by atoms with Gasteiger partial charge in [0.15, 0.2) is 0 Å². The van der Waals surface area contributed by atoms with Gasteiger partial charge in [0.1, 0.15) is 0 Å². The third-order valence-corrected chi connectivity index (χ3v) is 33.9. The van der Waals surface area contributed by atoms with Crippen LogP contribution in [0.4, 0.5) is 0 Å². The van der Waals surface area contributed by atoms with Crippen molar-refractivity contribution in [1.29, 1.82) is 0 Å². The van der Waals surface area contributed by atoms with Crippen LogP contribution in [-0.2, 0) is 0 Å². The monoisotopic (exact) mass is 508 g/mol. The number of hydrogen-bond acceptors (Lipinski definition) is 4. The van der Waals surface area contributed by atoms with E-state index in [2.05, 4.69) is 102 Å². The van der Waals surface area contributed by atoms with Crippen molar-refractivity contribution in [3.63, 3.8) is 0 Å². The van der Waals surface area contributed by atoms with E-state index in [4.69, 9.17) is 0 Å². The topological polar surface area (TPSA) is 0 Å². The van der Waals surface area contributed by atoms with Crippen molar-refractivity contribution in [2.24, 2.45) is 0 Å². The molecule has 0 atom stereocenters. The second-order valence-corrected chi connectivity index (χ2v) is 29.4. The number of hydrogen-bond donors (Lipinski definition) is 0. The highest BCUT2D eigenvalue weighted by atomic mass is 32.2. The molecule has 0 unspecified atom stereocenters. The van der Waals surface area contributed by atoms with Crippen LogP contribution in [0.25, 0.3) is 0 Å². The zero-order valence-corrected chi connectivity index (χ0v) is 25.9. The first-order valence-electron chi connectivity index (χ1n) is 12.1. The first-order chi connectivity index (χ1) is 13.6. The molecule has 0 aromatic heterocycles. The van der Waals surface area contributed by atoms with E-state index < -0.39 is 16.1 Å². The maximum absolute atomic E-state index is 2.71. The van der Waals surface area contributed by atoms with Gasteiger partial charge >= 0.3 is 0 Å². The first kappa shape index (κ1) is 27.1. The van der Waals surface area contributed by atoms with Gasteiger partial charge in [-0.15, -0.1) is 47.0 Å². The molecule has 0 N–H and O–H groups in total. The van der Waals surface area contributed by atoms with Crippen molar-refractivity contribution >= 4 is 63.2 Å². The molecule has 2 fully saturated rings. The Morgan fingerprint density at radius 1 is 0.690 bits per heavy atom. The van der Waals surface area contributed by atoms with E-state index in [1.54, 1.807) is 0 Å². The summed E-state index contributed by atoms with van der Waals surface area (Å²) in [4.78, 5) is 0. The van der Waals surface area contributed by atoms with Gasteiger partial charge in [-0.2, -0.15) is 0 Å². The van der Waals surface area contributed by atoms with E-state index in [0.29, 0.717) is 12.4 Å². The van der Waals surface area contributed by atoms with Gasteiger partial charge < -0.3 is 0 Å². The van der Waals surface area contributed by atoms with Crippen LogP contribution in [0.1, 0.15) is 73.6 Å². The molecule has 2 saturated heterocycles. The second-order valence-electron chi connectivity index (χ2n) is 10.7. The molecule has 0 aromatic carbocycles. The minimum absolute atomic E-state index is 0.477. The molecule has 0 nitrogen and oxygen atoms in total. The Kier molecular flexibility index (Phi) is 10.1. The van der Waals surface area contributed by atoms with Gasteiger partial charge in [0, 0.05) is 0 Å². The highest BCUT2D eigenvalue weighted by Gasteiger charge is 2.55. The van der Waals surface area contributed by atoms with Crippen molar-refractivity contribution < 1.29 is 0 Å². The van der Waals surface area contributed by atoms with Gasteiger partial charge in [-0.1, -0.05) is 72.8 Å². The summed E-state index contributed by atoms with van der Waals surface area (Å²) in [7, 11) is -2.65. The Labute approximate surface area is 202 Å². The summed E-state index contributed by atoms with van der Waals surface area (Å²) < 4.78 is 1.13. The predicted octanol–water partition coefficient (Wildman–Crippen LogP) is 9.38. The Morgan fingerprint density at radius 2 is 1.07 bits per heavy atom. The van der Waals surface area contributed by atoms with Gasteiger partial charge in [0.05, 0.1) is 23.6 Å². The highest BCUT2D eigenvalue weighted by molar-refractivity contribution is 8.21. The average molecular weight is 509 g/mol. The average Bonchev–Trinajstić information content (AvgIpc) is 2.70. The van der Waals surface area contributed by atoms with Gasteiger partial charge in [0.25, 0.3) is 0 Å². The maximum Gasteiger partial charge on any atom is 0.0835 e. The van der Waals surface area contributed by atoms with Crippen LogP contribution < -0.4 is 0 Å². The molecule has 172 valence electrons. The molecule has 0 saturated carbocycles. The zero-order chi connectivity index (χ0) is 21.8. The first-order valence-corrected chi connectivity index (χ1v) is 21.7. The Morgan fingerprint density at radius 3 is 1.45 bits per heavy atom. The second kappa shape index (κ2) is 10.8. The highest BCUT2D eigenvalue weighted by Crippen LogP contribution is 2.60. The molecule has 0 aromatic rings. The maximum atomic E-state index is 2.71. The van der Waals surface area contributed by atoms with E-state index >= 15 is 0 Å². The summed E-state index contributed by atoms with van der Waals surface area (Å²) in [5.41, 5.74) is 0. The molecule has 0 radical (unpaired) electrons. The minimum Gasteiger partial charge on any atom is -0.148 e. The molecular weight excluding hydrogens is 461 g/mol. The molecule has 0 aliphatic carbocycles. The Bertz CT molecular complexity index is 467. The normalized spacial score (nSPS) is 23.2. The van der Waals surface area contributed by atoms with E-state index in [9.17, 15) is 0 Å². The zero-order valence-electron chi connectivity index (χ0n) is 20.6. The van der Waals surface area contributed by atoms with E-state index in [1.165, 1.54) is 73.2 Å². The van der Waals surface area contributed by atoms with Crippen molar-refractivity contribution in [1.82, 2.24) is 0 Å². The number of thioether (sulfide) groups is 4. The van der Waals surface area contributed by atoms with E-state index in [1.807, 2.05) is 0 Å². The van der Waals surface area contributed by atoms with Crippen LogP contribution in [0.5, 0.6) is 0 Å². The summed E-state index contributed by atoms with van der Waals surface area (Å²) in [6.45, 7) is 20.6. The van der Waals surface area contributed by atoms with E-state index in [0.717, 1.165) is 0 Å². The Balaban J connectivity index is 2.24. The molecule has 6 heteroatoms. The molecule has 2 aliphatic rings. The van der Waals surface area contributed by atoms with Crippen molar-refractivity contribution in [2.45, 2.75) is 117 Å². The lowest BCUT2D eigenvalue weighted by molar-refractivity contribution is 0.650. The summed E-state index contributed by atoms with van der Waals surface area (Å²) in [6, 6.07) is 4.45. The summed E-state index contributed by atoms with van der Waals surface area (Å²) in [5, 5.41) is 0.477. The Hall–Kier alpha value is 1.83. The molecule has 2 rings (SSSR count). The molecular formula is C23H48S4Si2. The third-order valence-electron chi connectivity index (χ3n) is 8.60. The van der Waals surface area contributed by atoms with Crippen LogP contribution in [0.2, 0.25) is 36.3 Å². The number of rotatable bonds is 9. The van der Waals surface area contributed by atoms with Gasteiger partial charge in [-0.25, -0.2) is 0 Å². The standard InChI is InChI=1S/C23H48S4Si2/c1-9-29(10-2,11-3)23(26-19-14-20-27-23)16-12-15-22(24-17-13-18-25-22)28(7,8)21(4,5)6/h9-20H2,1-8H3. The quantitative estimate of drug-likeness (QED) is 0.284. The van der Waals surface area contributed by atoms with Crippen LogP contribution in [0, 0.1) is 0 Å². The lowest BCUT2D eigenvalue weighted by Crippen LogP contribution is -2.57. The molecule has 29 heavy (non-hydrogen) atoms. The summed E-state index contributed by atoms with van der Waals surface area (Å²) in [6.07, 6.45) is 7.25. The van der Waals surface area contributed by atoms with Crippen molar-refractivity contribution in [2.75, 3.05) is 23.0 Å². The van der Waals surface area contributed by atoms with Crippen LogP contribution in [0.3, 0.4) is 0 Å². The largest absolute Gasteiger partial charge is 0.148 e. The molecule has 2 aliphatic heterocycles. The molecule has 0 spiro atoms. The van der Waals surface area contributed by atoms with Crippen molar-refractivity contribution in [3.8, 4) is 0 Å². The fourth-order valence-corrected chi connectivity index (χ4v) is 27.8. The fraction of sp³-hybridized carbons (Fsp3) is 1.00. The van der Waals surface area contributed by atoms with Gasteiger partial charge in [-0.3, -0.25) is 0 Å². The van der Waals surface area contributed by atoms with E-state index in [-0.39, 0.29) is 0 Å². The van der Waals surface area contributed by atoms with Crippen molar-refractivity contribution in [3.05, 3.63) is 0 Å². The SMILES string of the molecule is CC[Si](CC)(CC)C1(CCCC2([Si](C)(C)C(C)(C)C)SCCCS2)SCCCS1. The molecule has 2 heterocycles. The fourth-order valence-electron chi connectivity index (χ4n) is 5.37. The summed E-state index contributed by atoms with van der Waals surface area (Å²) >= 11 is 9.58.